The van der Waals surface area contributed by atoms with Crippen molar-refractivity contribution in [2.45, 2.75) is 0 Å². The van der Waals surface area contributed by atoms with E-state index in [4.69, 9.17) is 11.6 Å². The average Bonchev–Trinajstić information content (AvgIpc) is 3.00. The van der Waals surface area contributed by atoms with Gasteiger partial charge in [0.15, 0.2) is 0 Å². The number of hydrogen-bond acceptors (Lipinski definition) is 2. The predicted octanol–water partition coefficient (Wildman–Crippen LogP) is 2.28. The summed E-state index contributed by atoms with van der Waals surface area (Å²) in [6, 6.07) is 8.76. The Morgan fingerprint density at radius 2 is 1.57 bits per heavy atom. The molecular formula is C17H18ClN3O2. The third-order valence-electron chi connectivity index (χ3n) is 4.00. The number of hydrogen-bond donors (Lipinski definition) is 0. The van der Waals surface area contributed by atoms with Crippen LogP contribution in [0.15, 0.2) is 42.7 Å². The van der Waals surface area contributed by atoms with E-state index in [-0.39, 0.29) is 11.8 Å². The van der Waals surface area contributed by atoms with Gasteiger partial charge in [-0.1, -0.05) is 17.7 Å². The Balaban J connectivity index is 1.62. The minimum absolute atomic E-state index is 0.0143. The Morgan fingerprint density at radius 1 is 0.957 bits per heavy atom. The molecule has 0 unspecified atom stereocenters. The van der Waals surface area contributed by atoms with Crippen molar-refractivity contribution in [1.29, 1.82) is 0 Å². The third-order valence-corrected chi connectivity index (χ3v) is 4.24. The molecule has 0 aliphatic carbocycles. The highest BCUT2D eigenvalue weighted by molar-refractivity contribution is 6.30. The van der Waals surface area contributed by atoms with Crippen molar-refractivity contribution in [1.82, 2.24) is 14.4 Å². The van der Waals surface area contributed by atoms with Crippen molar-refractivity contribution in [2.24, 2.45) is 7.05 Å². The minimum atomic E-state index is -0.0423. The molecule has 0 bridgehead atoms. The third kappa shape index (κ3) is 3.40. The van der Waals surface area contributed by atoms with Gasteiger partial charge in [0, 0.05) is 56.2 Å². The monoisotopic (exact) mass is 331 g/mol. The van der Waals surface area contributed by atoms with Gasteiger partial charge >= 0.3 is 0 Å². The van der Waals surface area contributed by atoms with Gasteiger partial charge in [0.1, 0.15) is 0 Å². The predicted molar refractivity (Wildman–Crippen MR) is 88.7 cm³/mol. The Kier molecular flexibility index (Phi) is 4.39. The molecule has 1 fully saturated rings. The number of nitrogens with zero attached hydrogens (tertiary/aromatic N) is 3. The maximum absolute atomic E-state index is 12.5. The summed E-state index contributed by atoms with van der Waals surface area (Å²) in [6.45, 7) is 2.15. The number of carbonyl (C=O) groups is 2. The number of amides is 2. The van der Waals surface area contributed by atoms with E-state index in [0.29, 0.717) is 42.3 Å². The molecule has 1 aliphatic heterocycles. The topological polar surface area (TPSA) is 45.6 Å². The fourth-order valence-corrected chi connectivity index (χ4v) is 2.92. The van der Waals surface area contributed by atoms with Crippen molar-refractivity contribution in [3.63, 3.8) is 0 Å². The second-order valence-electron chi connectivity index (χ2n) is 5.66. The van der Waals surface area contributed by atoms with Gasteiger partial charge in [0.2, 0.25) is 0 Å². The molecule has 0 radical (unpaired) electrons. The van der Waals surface area contributed by atoms with E-state index in [2.05, 4.69) is 0 Å². The first-order valence-corrected chi connectivity index (χ1v) is 7.88. The van der Waals surface area contributed by atoms with Crippen molar-refractivity contribution < 1.29 is 9.59 Å². The normalized spacial score (nSPS) is 14.9. The fourth-order valence-electron chi connectivity index (χ4n) is 2.73. The van der Waals surface area contributed by atoms with Crippen LogP contribution in [-0.4, -0.2) is 52.4 Å². The summed E-state index contributed by atoms with van der Waals surface area (Å²) in [7, 11) is 1.89. The van der Waals surface area contributed by atoms with Crippen LogP contribution in [0.3, 0.4) is 0 Å². The summed E-state index contributed by atoms with van der Waals surface area (Å²) < 4.78 is 1.85. The van der Waals surface area contributed by atoms with E-state index < -0.39 is 0 Å². The van der Waals surface area contributed by atoms with E-state index in [0.717, 1.165) is 0 Å². The van der Waals surface area contributed by atoms with Crippen molar-refractivity contribution in [2.75, 3.05) is 26.2 Å². The van der Waals surface area contributed by atoms with E-state index >= 15 is 0 Å². The lowest BCUT2D eigenvalue weighted by Gasteiger charge is -2.34. The number of aryl methyl sites for hydroxylation is 1. The molecule has 0 spiro atoms. The van der Waals surface area contributed by atoms with Crippen LogP contribution in [-0.2, 0) is 7.05 Å². The zero-order chi connectivity index (χ0) is 16.4. The standard InChI is InChI=1S/C17H18ClN3O2/c1-19-6-5-14(12-19)17(23)21-9-7-20(8-10-21)16(22)13-3-2-4-15(18)11-13/h2-6,11-12H,7-10H2,1H3. The van der Waals surface area contributed by atoms with Crippen molar-refractivity contribution in [3.05, 3.63) is 58.9 Å². The summed E-state index contributed by atoms with van der Waals surface area (Å²) >= 11 is 5.94. The molecule has 120 valence electrons. The van der Waals surface area contributed by atoms with Crippen molar-refractivity contribution in [3.8, 4) is 0 Å². The molecule has 2 aromatic rings. The Labute approximate surface area is 140 Å². The summed E-state index contributed by atoms with van der Waals surface area (Å²) in [6.07, 6.45) is 3.66. The molecule has 1 aromatic carbocycles. The lowest BCUT2D eigenvalue weighted by molar-refractivity contribution is 0.0535. The van der Waals surface area contributed by atoms with E-state index in [9.17, 15) is 9.59 Å². The SMILES string of the molecule is Cn1ccc(C(=O)N2CCN(C(=O)c3cccc(Cl)c3)CC2)c1. The first-order chi connectivity index (χ1) is 11.0. The van der Waals surface area contributed by atoms with E-state index in [1.807, 2.05) is 30.1 Å². The Morgan fingerprint density at radius 3 is 2.09 bits per heavy atom. The van der Waals surface area contributed by atoms with Gasteiger partial charge in [0.25, 0.3) is 11.8 Å². The van der Waals surface area contributed by atoms with Gasteiger partial charge < -0.3 is 14.4 Å². The van der Waals surface area contributed by atoms with Gasteiger partial charge in [-0.2, -0.15) is 0 Å². The van der Waals surface area contributed by atoms with Crippen LogP contribution in [0.2, 0.25) is 5.02 Å². The molecule has 1 aromatic heterocycles. The molecule has 1 saturated heterocycles. The number of halogens is 1. The molecule has 6 heteroatoms. The van der Waals surface area contributed by atoms with Gasteiger partial charge in [-0.25, -0.2) is 0 Å². The summed E-state index contributed by atoms with van der Waals surface area (Å²) in [5.74, 6) is -0.0280. The van der Waals surface area contributed by atoms with Crippen LogP contribution in [0.1, 0.15) is 20.7 Å². The summed E-state index contributed by atoms with van der Waals surface area (Å²) in [5, 5.41) is 0.550. The van der Waals surface area contributed by atoms with Gasteiger partial charge in [-0.05, 0) is 24.3 Å². The molecule has 0 atom stereocenters. The van der Waals surface area contributed by atoms with Crippen LogP contribution in [0, 0.1) is 0 Å². The molecule has 2 heterocycles. The quantitative estimate of drug-likeness (QED) is 0.847. The average molecular weight is 332 g/mol. The first-order valence-electron chi connectivity index (χ1n) is 7.51. The Bertz CT molecular complexity index is 733. The van der Waals surface area contributed by atoms with Crippen LogP contribution in [0.5, 0.6) is 0 Å². The molecule has 5 nitrogen and oxygen atoms in total. The second-order valence-corrected chi connectivity index (χ2v) is 6.10. The second kappa shape index (κ2) is 6.46. The summed E-state index contributed by atoms with van der Waals surface area (Å²) in [4.78, 5) is 28.4. The van der Waals surface area contributed by atoms with Crippen LogP contribution >= 0.6 is 11.6 Å². The maximum atomic E-state index is 12.5. The number of aromatic nitrogens is 1. The molecule has 1 aliphatic rings. The molecule has 3 rings (SSSR count). The van der Waals surface area contributed by atoms with E-state index in [1.165, 1.54) is 0 Å². The number of piperazine rings is 1. The molecule has 23 heavy (non-hydrogen) atoms. The Hall–Kier alpha value is -2.27. The number of rotatable bonds is 2. The first kappa shape index (κ1) is 15.6. The minimum Gasteiger partial charge on any atom is -0.356 e. The van der Waals surface area contributed by atoms with Crippen molar-refractivity contribution >= 4 is 23.4 Å². The van der Waals surface area contributed by atoms with Gasteiger partial charge in [0.05, 0.1) is 5.56 Å². The van der Waals surface area contributed by atoms with Crippen LogP contribution in [0.4, 0.5) is 0 Å². The maximum Gasteiger partial charge on any atom is 0.255 e. The van der Waals surface area contributed by atoms with Crippen LogP contribution < -0.4 is 0 Å². The van der Waals surface area contributed by atoms with Crippen LogP contribution in [0.25, 0.3) is 0 Å². The molecular weight excluding hydrogens is 314 g/mol. The lowest BCUT2D eigenvalue weighted by atomic mass is 10.1. The largest absolute Gasteiger partial charge is 0.356 e. The van der Waals surface area contributed by atoms with Gasteiger partial charge in [-0.15, -0.1) is 0 Å². The summed E-state index contributed by atoms with van der Waals surface area (Å²) in [5.41, 5.74) is 1.27. The number of carbonyl (C=O) groups excluding carboxylic acids is 2. The van der Waals surface area contributed by atoms with Gasteiger partial charge in [-0.3, -0.25) is 9.59 Å². The molecule has 2 amide bonds. The highest BCUT2D eigenvalue weighted by Gasteiger charge is 2.25. The lowest BCUT2D eigenvalue weighted by Crippen LogP contribution is -2.50. The molecule has 0 saturated carbocycles. The smallest absolute Gasteiger partial charge is 0.255 e. The zero-order valence-electron chi connectivity index (χ0n) is 12.9. The number of benzene rings is 1. The zero-order valence-corrected chi connectivity index (χ0v) is 13.7. The highest BCUT2D eigenvalue weighted by Crippen LogP contribution is 2.15. The fraction of sp³-hybridized carbons (Fsp3) is 0.294. The van der Waals surface area contributed by atoms with E-state index in [1.54, 1.807) is 34.1 Å². The molecule has 0 N–H and O–H groups in total. The highest BCUT2D eigenvalue weighted by atomic mass is 35.5.